The highest BCUT2D eigenvalue weighted by Gasteiger charge is 2.12. The molecule has 4 rings (SSSR count). The van der Waals surface area contributed by atoms with Crippen LogP contribution in [-0.4, -0.2) is 22.2 Å². The first-order chi connectivity index (χ1) is 13.6. The number of rotatable bonds is 6. The fourth-order valence-corrected chi connectivity index (χ4v) is 3.45. The number of ether oxygens (including phenoxy) is 2. The van der Waals surface area contributed by atoms with Gasteiger partial charge in [0.2, 0.25) is 0 Å². The summed E-state index contributed by atoms with van der Waals surface area (Å²) in [7, 11) is 1.60. The quantitative estimate of drug-likeness (QED) is 0.478. The molecule has 2 N–H and O–H groups in total. The van der Waals surface area contributed by atoms with Gasteiger partial charge in [0, 0.05) is 23.2 Å². The lowest BCUT2D eigenvalue weighted by Crippen LogP contribution is -2.00. The van der Waals surface area contributed by atoms with Gasteiger partial charge in [-0.3, -0.25) is 0 Å². The average Bonchev–Trinajstić information content (AvgIpc) is 3.22. The number of aromatic nitrogens is 2. The largest absolute Gasteiger partial charge is 0.508 e. The molecule has 2 aromatic heterocycles. The predicted molar refractivity (Wildman–Crippen MR) is 111 cm³/mol. The molecule has 2 heterocycles. The number of methoxy groups -OCH3 is 1. The second kappa shape index (κ2) is 7.74. The van der Waals surface area contributed by atoms with E-state index in [2.05, 4.69) is 20.7 Å². The molecule has 2 aromatic carbocycles. The Bertz CT molecular complexity index is 1110. The molecule has 0 aliphatic heterocycles. The zero-order chi connectivity index (χ0) is 19.5. The van der Waals surface area contributed by atoms with E-state index in [9.17, 15) is 5.11 Å². The van der Waals surface area contributed by atoms with Crippen molar-refractivity contribution in [3.63, 3.8) is 0 Å². The summed E-state index contributed by atoms with van der Waals surface area (Å²) < 4.78 is 11.5. The number of fused-ring (bicyclic) bond motifs is 1. The molecule has 0 saturated carbocycles. The number of thiophene rings is 1. The SMILES string of the molecule is COc1cc2c(Nc3ccc(C)c(O)c3)ncnc2cc1OCc1ccsc1. The molecule has 28 heavy (non-hydrogen) atoms. The Morgan fingerprint density at radius 2 is 2.00 bits per heavy atom. The average molecular weight is 393 g/mol. The van der Waals surface area contributed by atoms with Crippen molar-refractivity contribution < 1.29 is 14.6 Å². The highest BCUT2D eigenvalue weighted by Crippen LogP contribution is 2.35. The minimum atomic E-state index is 0.227. The number of phenols is 1. The van der Waals surface area contributed by atoms with Gasteiger partial charge in [0.05, 0.1) is 12.6 Å². The summed E-state index contributed by atoms with van der Waals surface area (Å²) >= 11 is 1.63. The molecule has 0 bridgehead atoms. The number of aromatic hydroxyl groups is 1. The van der Waals surface area contributed by atoms with E-state index in [1.165, 1.54) is 6.33 Å². The van der Waals surface area contributed by atoms with E-state index in [-0.39, 0.29) is 5.75 Å². The number of nitrogens with zero attached hydrogens (tertiary/aromatic N) is 2. The normalized spacial score (nSPS) is 10.8. The Hall–Kier alpha value is -3.32. The van der Waals surface area contributed by atoms with E-state index in [4.69, 9.17) is 9.47 Å². The fraction of sp³-hybridized carbons (Fsp3) is 0.143. The first-order valence-corrected chi connectivity index (χ1v) is 9.61. The number of benzene rings is 2. The van der Waals surface area contributed by atoms with Crippen LogP contribution in [0.3, 0.4) is 0 Å². The van der Waals surface area contributed by atoms with Crippen LogP contribution in [0.15, 0.2) is 53.5 Å². The summed E-state index contributed by atoms with van der Waals surface area (Å²) in [6.45, 7) is 2.31. The Balaban J connectivity index is 1.67. The first-order valence-electron chi connectivity index (χ1n) is 8.67. The third-order valence-corrected chi connectivity index (χ3v) is 5.10. The van der Waals surface area contributed by atoms with Gasteiger partial charge >= 0.3 is 0 Å². The van der Waals surface area contributed by atoms with Crippen LogP contribution in [-0.2, 0) is 6.61 Å². The second-order valence-electron chi connectivity index (χ2n) is 6.29. The van der Waals surface area contributed by atoms with E-state index in [0.717, 1.165) is 27.7 Å². The van der Waals surface area contributed by atoms with Gasteiger partial charge in [-0.05, 0) is 47.0 Å². The lowest BCUT2D eigenvalue weighted by Gasteiger charge is -2.14. The van der Waals surface area contributed by atoms with E-state index in [1.807, 2.05) is 42.6 Å². The number of nitrogens with one attached hydrogen (secondary N) is 1. The van der Waals surface area contributed by atoms with Crippen molar-refractivity contribution in [2.24, 2.45) is 0 Å². The Morgan fingerprint density at radius 3 is 2.75 bits per heavy atom. The zero-order valence-electron chi connectivity index (χ0n) is 15.5. The van der Waals surface area contributed by atoms with Gasteiger partial charge in [-0.15, -0.1) is 0 Å². The number of hydrogen-bond acceptors (Lipinski definition) is 7. The molecule has 4 aromatic rings. The molecule has 0 amide bonds. The van der Waals surface area contributed by atoms with Crippen LogP contribution in [0.1, 0.15) is 11.1 Å². The Labute approximate surface area is 166 Å². The van der Waals surface area contributed by atoms with Crippen molar-refractivity contribution >= 4 is 33.7 Å². The summed E-state index contributed by atoms with van der Waals surface area (Å²) in [6, 6.07) is 11.1. The molecule has 0 aliphatic rings. The monoisotopic (exact) mass is 393 g/mol. The standard InChI is InChI=1S/C21H19N3O3S/c1-13-3-4-15(7-18(13)25)24-21-16-8-19(26-2)20(9-17(16)22-12-23-21)27-10-14-5-6-28-11-14/h3-9,11-12,25H,10H2,1-2H3,(H,22,23,24). The van der Waals surface area contributed by atoms with E-state index < -0.39 is 0 Å². The van der Waals surface area contributed by atoms with Crippen LogP contribution in [0, 0.1) is 6.92 Å². The number of aryl methyl sites for hydroxylation is 1. The van der Waals surface area contributed by atoms with Crippen LogP contribution in [0.25, 0.3) is 10.9 Å². The van der Waals surface area contributed by atoms with E-state index >= 15 is 0 Å². The maximum absolute atomic E-state index is 9.94. The first kappa shape index (κ1) is 18.1. The molecular formula is C21H19N3O3S. The number of phenolic OH excluding ortho intramolecular Hbond substituents is 1. The summed E-state index contributed by atoms with van der Waals surface area (Å²) in [5.74, 6) is 2.08. The van der Waals surface area contributed by atoms with Crippen molar-refractivity contribution in [3.05, 3.63) is 64.6 Å². The highest BCUT2D eigenvalue weighted by molar-refractivity contribution is 7.07. The molecule has 142 valence electrons. The predicted octanol–water partition coefficient (Wildman–Crippen LogP) is 5.04. The van der Waals surface area contributed by atoms with Gasteiger partial charge in [0.25, 0.3) is 0 Å². The topological polar surface area (TPSA) is 76.5 Å². The molecule has 0 spiro atoms. The molecule has 0 atom stereocenters. The van der Waals surface area contributed by atoms with Gasteiger partial charge in [0.15, 0.2) is 11.5 Å². The summed E-state index contributed by atoms with van der Waals surface area (Å²) in [5.41, 5.74) is 3.39. The Morgan fingerprint density at radius 1 is 1.11 bits per heavy atom. The molecule has 0 unspecified atom stereocenters. The third-order valence-electron chi connectivity index (χ3n) is 4.37. The molecule has 0 fully saturated rings. The minimum Gasteiger partial charge on any atom is -0.508 e. The van der Waals surface area contributed by atoms with Crippen LogP contribution in [0.5, 0.6) is 17.2 Å². The zero-order valence-corrected chi connectivity index (χ0v) is 16.3. The van der Waals surface area contributed by atoms with Gasteiger partial charge < -0.3 is 19.9 Å². The lowest BCUT2D eigenvalue weighted by molar-refractivity contribution is 0.285. The smallest absolute Gasteiger partial charge is 0.163 e. The van der Waals surface area contributed by atoms with E-state index in [1.54, 1.807) is 24.5 Å². The summed E-state index contributed by atoms with van der Waals surface area (Å²) in [6.07, 6.45) is 1.49. The van der Waals surface area contributed by atoms with Gasteiger partial charge in [0.1, 0.15) is 24.5 Å². The molecule has 0 radical (unpaired) electrons. The molecular weight excluding hydrogens is 374 g/mol. The van der Waals surface area contributed by atoms with Gasteiger partial charge in [-0.1, -0.05) is 6.07 Å². The van der Waals surface area contributed by atoms with E-state index in [0.29, 0.717) is 23.9 Å². The number of anilines is 2. The molecule has 6 nitrogen and oxygen atoms in total. The van der Waals surface area contributed by atoms with Crippen molar-refractivity contribution in [1.29, 1.82) is 0 Å². The van der Waals surface area contributed by atoms with Crippen molar-refractivity contribution in [3.8, 4) is 17.2 Å². The summed E-state index contributed by atoms with van der Waals surface area (Å²) in [5, 5.41) is 18.0. The fourth-order valence-electron chi connectivity index (χ4n) is 2.80. The van der Waals surface area contributed by atoms with Crippen LogP contribution >= 0.6 is 11.3 Å². The third kappa shape index (κ3) is 3.70. The highest BCUT2D eigenvalue weighted by atomic mass is 32.1. The van der Waals surface area contributed by atoms with Crippen LogP contribution in [0.4, 0.5) is 11.5 Å². The maximum Gasteiger partial charge on any atom is 0.163 e. The summed E-state index contributed by atoms with van der Waals surface area (Å²) in [4.78, 5) is 8.71. The van der Waals surface area contributed by atoms with Gasteiger partial charge in [-0.2, -0.15) is 11.3 Å². The molecule has 7 heteroatoms. The minimum absolute atomic E-state index is 0.227. The Kier molecular flexibility index (Phi) is 4.99. The second-order valence-corrected chi connectivity index (χ2v) is 7.07. The lowest BCUT2D eigenvalue weighted by atomic mass is 10.2. The van der Waals surface area contributed by atoms with Crippen LogP contribution in [0.2, 0.25) is 0 Å². The van der Waals surface area contributed by atoms with Crippen LogP contribution < -0.4 is 14.8 Å². The van der Waals surface area contributed by atoms with Gasteiger partial charge in [-0.25, -0.2) is 9.97 Å². The maximum atomic E-state index is 9.94. The van der Waals surface area contributed by atoms with Crippen molar-refractivity contribution in [2.75, 3.05) is 12.4 Å². The van der Waals surface area contributed by atoms with Crippen molar-refractivity contribution in [1.82, 2.24) is 9.97 Å². The number of hydrogen-bond donors (Lipinski definition) is 2. The molecule has 0 aliphatic carbocycles. The molecule has 0 saturated heterocycles. The van der Waals surface area contributed by atoms with Crippen molar-refractivity contribution in [2.45, 2.75) is 13.5 Å².